The molecule has 0 radical (unpaired) electrons. The molecule has 0 saturated heterocycles. The Morgan fingerprint density at radius 3 is 1.20 bits per heavy atom. The lowest BCUT2D eigenvalue weighted by atomic mass is 9.75. The van der Waals surface area contributed by atoms with E-state index in [4.69, 9.17) is 13.3 Å². The van der Waals surface area contributed by atoms with Crippen LogP contribution in [0.1, 0.15) is 55.4 Å². The maximum absolute atomic E-state index is 15.3. The molecule has 0 saturated carbocycles. The first-order chi connectivity index (χ1) is 15.1. The van der Waals surface area contributed by atoms with Crippen molar-refractivity contribution in [2.45, 2.75) is 102 Å². The molecule has 0 aromatic carbocycles. The number of hydrogen-bond donors (Lipinski definition) is 0. The van der Waals surface area contributed by atoms with Crippen molar-refractivity contribution >= 4 is 8.80 Å². The van der Waals surface area contributed by atoms with Gasteiger partial charge in [-0.15, -0.1) is 0 Å². The van der Waals surface area contributed by atoms with Crippen LogP contribution in [0.2, 0.25) is 6.04 Å². The Labute approximate surface area is 200 Å². The summed E-state index contributed by atoms with van der Waals surface area (Å²) < 4.78 is 154. The summed E-state index contributed by atoms with van der Waals surface area (Å²) in [6.45, 7) is 3.93. The fourth-order valence-corrected chi connectivity index (χ4v) is 4.59. The Kier molecular flexibility index (Phi) is 9.76. The Balaban J connectivity index is 6.19. The molecule has 5 nitrogen and oxygen atoms in total. The smallest absolute Gasteiger partial charge is 0.377 e. The molecule has 0 rings (SSSR count). The maximum atomic E-state index is 15.3. The van der Waals surface area contributed by atoms with Crippen LogP contribution in [0.15, 0.2) is 0 Å². The lowest BCUT2D eigenvalue weighted by molar-refractivity contribution is -0.441. The van der Waals surface area contributed by atoms with Gasteiger partial charge < -0.3 is 22.8 Å². The number of hydrogen-bond acceptors (Lipinski definition) is 5. The first-order valence-electron chi connectivity index (χ1n) is 10.3. The van der Waals surface area contributed by atoms with E-state index in [1.807, 2.05) is 0 Å². The third-order valence-corrected chi connectivity index (χ3v) is 9.11. The van der Waals surface area contributed by atoms with Gasteiger partial charge in [-0.2, -0.15) is 26.3 Å². The molecule has 15 heteroatoms. The topological polar surface area (TPSA) is 46.2 Å². The van der Waals surface area contributed by atoms with Crippen molar-refractivity contribution in [1.29, 1.82) is 0 Å². The van der Waals surface area contributed by atoms with E-state index in [2.05, 4.69) is 9.47 Å². The molecule has 0 bridgehead atoms. The van der Waals surface area contributed by atoms with Crippen LogP contribution in [0.3, 0.4) is 0 Å². The Morgan fingerprint density at radius 1 is 0.543 bits per heavy atom. The molecule has 0 atom stereocenters. The lowest BCUT2D eigenvalue weighted by Crippen LogP contribution is -2.64. The standard InChI is InChI=1S/C20H35F9O5Si/c1-13(2,15(5,6)33-20(28,29)18(24,25)14(3,4)21)19(26,27)34-16(7,8)17(22,23)12-35(30-9,31-10)32-11/h12H2,1-11H3. The average Bonchev–Trinajstić information content (AvgIpc) is 2.63. The van der Waals surface area contributed by atoms with Crippen molar-refractivity contribution in [1.82, 2.24) is 0 Å². The van der Waals surface area contributed by atoms with Gasteiger partial charge in [0.15, 0.2) is 5.67 Å². The van der Waals surface area contributed by atoms with E-state index in [1.54, 1.807) is 0 Å². The zero-order valence-electron chi connectivity index (χ0n) is 21.7. The highest BCUT2D eigenvalue weighted by molar-refractivity contribution is 6.60. The summed E-state index contributed by atoms with van der Waals surface area (Å²) in [6, 6.07) is -1.29. The molecular weight excluding hydrogens is 519 g/mol. The monoisotopic (exact) mass is 554 g/mol. The summed E-state index contributed by atoms with van der Waals surface area (Å²) in [6.07, 6.45) is -10.2. The minimum Gasteiger partial charge on any atom is -0.377 e. The average molecular weight is 555 g/mol. The lowest BCUT2D eigenvalue weighted by Gasteiger charge is -2.50. The van der Waals surface area contributed by atoms with Crippen molar-refractivity contribution in [2.75, 3.05) is 21.3 Å². The normalized spacial score (nSPS) is 16.1. The Morgan fingerprint density at radius 2 is 0.886 bits per heavy atom. The van der Waals surface area contributed by atoms with Crippen LogP contribution in [-0.4, -0.2) is 71.1 Å². The molecule has 35 heavy (non-hydrogen) atoms. The molecular formula is C20H35F9O5Si. The number of ether oxygens (including phenoxy) is 2. The molecule has 0 fully saturated rings. The zero-order valence-corrected chi connectivity index (χ0v) is 22.7. The van der Waals surface area contributed by atoms with Crippen LogP contribution >= 0.6 is 0 Å². The highest BCUT2D eigenvalue weighted by atomic mass is 28.4. The molecule has 0 aliphatic carbocycles. The second-order valence-corrected chi connectivity index (χ2v) is 13.1. The summed E-state index contributed by atoms with van der Waals surface area (Å²) >= 11 is 0. The number of halogens is 9. The van der Waals surface area contributed by atoms with E-state index in [-0.39, 0.29) is 13.8 Å². The molecule has 0 N–H and O–H groups in total. The van der Waals surface area contributed by atoms with E-state index < -0.39 is 61.2 Å². The predicted octanol–water partition coefficient (Wildman–Crippen LogP) is 6.69. The summed E-state index contributed by atoms with van der Waals surface area (Å²) in [5.41, 5.74) is -12.6. The second-order valence-electron chi connectivity index (χ2n) is 10.1. The summed E-state index contributed by atoms with van der Waals surface area (Å²) in [5, 5.41) is 0. The van der Waals surface area contributed by atoms with Gasteiger partial charge in [-0.1, -0.05) is 0 Å². The fourth-order valence-electron chi connectivity index (χ4n) is 2.68. The molecule has 0 unspecified atom stereocenters. The highest BCUT2D eigenvalue weighted by Crippen LogP contribution is 2.55. The summed E-state index contributed by atoms with van der Waals surface area (Å²) in [5.74, 6) is -9.51. The zero-order chi connectivity index (χ0) is 28.7. The molecule has 0 aliphatic heterocycles. The molecule has 0 aromatic rings. The number of rotatable bonds is 14. The van der Waals surface area contributed by atoms with E-state index in [9.17, 15) is 22.0 Å². The largest absolute Gasteiger partial charge is 0.506 e. The summed E-state index contributed by atoms with van der Waals surface area (Å²) in [4.78, 5) is 0. The van der Waals surface area contributed by atoms with E-state index in [1.165, 1.54) is 0 Å². The molecule has 0 heterocycles. The second kappa shape index (κ2) is 9.93. The van der Waals surface area contributed by atoms with E-state index in [0.29, 0.717) is 41.5 Å². The van der Waals surface area contributed by atoms with Gasteiger partial charge in [-0.3, -0.25) is 0 Å². The minimum atomic E-state index is -5.55. The molecule has 0 spiro atoms. The predicted molar refractivity (Wildman–Crippen MR) is 111 cm³/mol. The fraction of sp³-hybridized carbons (Fsp3) is 1.00. The van der Waals surface area contributed by atoms with Crippen molar-refractivity contribution in [3.05, 3.63) is 0 Å². The van der Waals surface area contributed by atoms with Gasteiger partial charge in [0.1, 0.15) is 5.60 Å². The first kappa shape index (κ1) is 34.4. The minimum absolute atomic E-state index is 0.161. The molecule has 0 aromatic heterocycles. The molecule has 0 aliphatic rings. The summed E-state index contributed by atoms with van der Waals surface area (Å²) in [7, 11) is -0.939. The van der Waals surface area contributed by atoms with Crippen molar-refractivity contribution in [2.24, 2.45) is 5.41 Å². The van der Waals surface area contributed by atoms with E-state index in [0.717, 1.165) is 21.3 Å². The third kappa shape index (κ3) is 6.45. The quantitative estimate of drug-likeness (QED) is 0.177. The van der Waals surface area contributed by atoms with Crippen molar-refractivity contribution < 1.29 is 62.3 Å². The molecule has 212 valence electrons. The Bertz CT molecular complexity index is 710. The first-order valence-corrected chi connectivity index (χ1v) is 12.2. The van der Waals surface area contributed by atoms with Gasteiger partial charge >= 0.3 is 26.9 Å². The van der Waals surface area contributed by atoms with Crippen molar-refractivity contribution in [3.8, 4) is 0 Å². The van der Waals surface area contributed by atoms with Crippen molar-refractivity contribution in [3.63, 3.8) is 0 Å². The van der Waals surface area contributed by atoms with Crippen LogP contribution < -0.4 is 0 Å². The van der Waals surface area contributed by atoms with Gasteiger partial charge in [-0.25, -0.2) is 13.2 Å². The van der Waals surface area contributed by atoms with Crippen LogP contribution in [-0.2, 0) is 22.8 Å². The van der Waals surface area contributed by atoms with Gasteiger partial charge in [0.05, 0.1) is 17.1 Å². The maximum Gasteiger partial charge on any atom is 0.506 e. The Hall–Kier alpha value is -0.613. The van der Waals surface area contributed by atoms with Gasteiger partial charge in [0.25, 0.3) is 5.92 Å². The number of alkyl halides is 9. The SMILES string of the molecule is CO[Si](CC(F)(F)C(C)(C)OC(F)(F)C(C)(C)C(C)(C)OC(F)(F)C(F)(F)C(C)(C)F)(OC)OC. The van der Waals surface area contributed by atoms with Gasteiger partial charge in [0, 0.05) is 21.3 Å². The van der Waals surface area contributed by atoms with Crippen LogP contribution in [0, 0.1) is 5.41 Å². The van der Waals surface area contributed by atoms with Gasteiger partial charge in [-0.05, 0) is 55.4 Å². The van der Waals surface area contributed by atoms with E-state index >= 15 is 17.6 Å². The molecule has 0 amide bonds. The van der Waals surface area contributed by atoms with Gasteiger partial charge in [0.2, 0.25) is 0 Å². The third-order valence-electron chi connectivity index (χ3n) is 6.36. The van der Waals surface area contributed by atoms with Crippen LogP contribution in [0.5, 0.6) is 0 Å². The van der Waals surface area contributed by atoms with Crippen LogP contribution in [0.25, 0.3) is 0 Å². The van der Waals surface area contributed by atoms with Crippen LogP contribution in [0.4, 0.5) is 39.5 Å². The highest BCUT2D eigenvalue weighted by Gasteiger charge is 2.72.